The predicted molar refractivity (Wildman–Crippen MR) is 93.0 cm³/mol. The van der Waals surface area contributed by atoms with Crippen LogP contribution in [0.2, 0.25) is 0 Å². The molecule has 1 aliphatic heterocycles. The molecule has 2 aromatic rings. The number of pyridine rings is 1. The number of nitrogens with zero attached hydrogens (tertiary/aromatic N) is 2. The predicted octanol–water partition coefficient (Wildman–Crippen LogP) is 3.21. The van der Waals surface area contributed by atoms with Gasteiger partial charge in [-0.05, 0) is 53.8 Å². The Hall–Kier alpha value is -1.85. The minimum absolute atomic E-state index is 0.181. The third-order valence-corrected chi connectivity index (χ3v) is 5.00. The number of hydrogen-bond donors (Lipinski definition) is 1. The molecule has 0 radical (unpaired) electrons. The van der Waals surface area contributed by atoms with Gasteiger partial charge in [-0.25, -0.2) is 0 Å². The summed E-state index contributed by atoms with van der Waals surface area (Å²) >= 11 is 1.64. The van der Waals surface area contributed by atoms with Gasteiger partial charge < -0.3 is 4.90 Å². The molecule has 1 saturated heterocycles. The minimum Gasteiger partial charge on any atom is -0.342 e. The van der Waals surface area contributed by atoms with E-state index in [1.165, 1.54) is 16.0 Å². The highest BCUT2D eigenvalue weighted by Gasteiger charge is 2.25. The van der Waals surface area contributed by atoms with Crippen LogP contribution < -0.4 is 4.72 Å². The van der Waals surface area contributed by atoms with Crippen molar-refractivity contribution in [2.45, 2.75) is 30.7 Å². The van der Waals surface area contributed by atoms with E-state index < -0.39 is 0 Å². The topological polar surface area (TPSA) is 45.2 Å². The Balaban J connectivity index is 1.50. The van der Waals surface area contributed by atoms with Crippen molar-refractivity contribution < 1.29 is 4.79 Å². The Morgan fingerprint density at radius 2 is 2.00 bits per heavy atom. The van der Waals surface area contributed by atoms with Crippen molar-refractivity contribution in [1.82, 2.24) is 14.6 Å². The zero-order valence-electron chi connectivity index (χ0n) is 13.2. The van der Waals surface area contributed by atoms with Crippen LogP contribution in [0.25, 0.3) is 0 Å². The Morgan fingerprint density at radius 1 is 1.26 bits per heavy atom. The van der Waals surface area contributed by atoms with Gasteiger partial charge in [0.05, 0.1) is 0 Å². The first-order valence-electron chi connectivity index (χ1n) is 7.86. The Bertz CT molecular complexity index is 645. The molecule has 0 saturated carbocycles. The van der Waals surface area contributed by atoms with Crippen LogP contribution in [0, 0.1) is 0 Å². The van der Waals surface area contributed by atoms with Gasteiger partial charge in [-0.1, -0.05) is 12.1 Å². The summed E-state index contributed by atoms with van der Waals surface area (Å²) in [5, 5.41) is 0. The van der Waals surface area contributed by atoms with E-state index >= 15 is 0 Å². The molecule has 23 heavy (non-hydrogen) atoms. The molecule has 1 aliphatic rings. The van der Waals surface area contributed by atoms with E-state index in [4.69, 9.17) is 0 Å². The average molecular weight is 327 g/mol. The lowest BCUT2D eigenvalue weighted by molar-refractivity contribution is -0.127. The summed E-state index contributed by atoms with van der Waals surface area (Å²) < 4.78 is 3.36. The van der Waals surface area contributed by atoms with Crippen LogP contribution in [0.5, 0.6) is 0 Å². The zero-order valence-corrected chi connectivity index (χ0v) is 14.1. The maximum absolute atomic E-state index is 11.4. The van der Waals surface area contributed by atoms with E-state index in [9.17, 15) is 4.79 Å². The average Bonchev–Trinajstić information content (AvgIpc) is 3.07. The second-order valence-corrected chi connectivity index (χ2v) is 6.76. The molecule has 1 atom stereocenters. The van der Waals surface area contributed by atoms with Crippen LogP contribution in [0.4, 0.5) is 0 Å². The van der Waals surface area contributed by atoms with E-state index in [-0.39, 0.29) is 5.91 Å². The fraction of sp³-hybridized carbons (Fsp3) is 0.333. The van der Waals surface area contributed by atoms with Crippen molar-refractivity contribution >= 4 is 17.9 Å². The quantitative estimate of drug-likeness (QED) is 0.857. The van der Waals surface area contributed by atoms with Gasteiger partial charge in [-0.15, -0.1) is 0 Å². The van der Waals surface area contributed by atoms with Gasteiger partial charge >= 0.3 is 0 Å². The Morgan fingerprint density at radius 3 is 2.65 bits per heavy atom. The molecule has 1 aromatic heterocycles. The third-order valence-electron chi connectivity index (χ3n) is 4.20. The summed E-state index contributed by atoms with van der Waals surface area (Å²) in [5.41, 5.74) is 2.55. The van der Waals surface area contributed by atoms with Gasteiger partial charge in [-0.2, -0.15) is 0 Å². The van der Waals surface area contributed by atoms with Crippen LogP contribution in [-0.2, 0) is 11.3 Å². The molecule has 3 rings (SSSR count). The first kappa shape index (κ1) is 16.0. The summed E-state index contributed by atoms with van der Waals surface area (Å²) in [7, 11) is 0. The van der Waals surface area contributed by atoms with Crippen LogP contribution >= 0.6 is 11.9 Å². The number of hydrogen-bond acceptors (Lipinski definition) is 4. The number of carbonyl (C=O) groups is 1. The van der Waals surface area contributed by atoms with Crippen LogP contribution in [0.15, 0.2) is 53.7 Å². The van der Waals surface area contributed by atoms with E-state index in [2.05, 4.69) is 34.0 Å². The first-order chi connectivity index (χ1) is 11.2. The lowest BCUT2D eigenvalue weighted by Gasteiger charge is -2.14. The molecule has 2 heterocycles. The van der Waals surface area contributed by atoms with Gasteiger partial charge in [0, 0.05) is 49.8 Å². The molecule has 1 fully saturated rings. The van der Waals surface area contributed by atoms with Crippen LogP contribution in [0.3, 0.4) is 0 Å². The number of nitrogens with one attached hydrogen (secondary N) is 1. The van der Waals surface area contributed by atoms with Crippen LogP contribution in [-0.4, -0.2) is 28.9 Å². The summed E-state index contributed by atoms with van der Waals surface area (Å²) in [6, 6.07) is 12.7. The Labute approximate surface area is 141 Å². The van der Waals surface area contributed by atoms with E-state index in [0.717, 1.165) is 26.1 Å². The van der Waals surface area contributed by atoms with Crippen molar-refractivity contribution in [3.8, 4) is 0 Å². The number of rotatable bonds is 5. The monoisotopic (exact) mass is 327 g/mol. The maximum atomic E-state index is 11.4. The number of aromatic nitrogens is 1. The molecular formula is C18H21N3OS. The molecular weight excluding hydrogens is 306 g/mol. The van der Waals surface area contributed by atoms with Crippen molar-refractivity contribution in [2.75, 3.05) is 13.1 Å². The maximum Gasteiger partial charge on any atom is 0.219 e. The zero-order chi connectivity index (χ0) is 16.1. The smallest absolute Gasteiger partial charge is 0.219 e. The standard InChI is InChI=1S/C18H21N3OS/c1-14(22)21-11-8-17(13-21)16-2-4-18(5-3-16)23-20-12-15-6-9-19-10-7-15/h2-7,9-10,17,20H,8,11-13H2,1H3. The van der Waals surface area contributed by atoms with E-state index in [0.29, 0.717) is 5.92 Å². The van der Waals surface area contributed by atoms with Gasteiger partial charge in [0.25, 0.3) is 0 Å². The largest absolute Gasteiger partial charge is 0.342 e. The molecule has 4 nitrogen and oxygen atoms in total. The molecule has 0 spiro atoms. The normalized spacial score (nSPS) is 17.4. The van der Waals surface area contributed by atoms with Crippen molar-refractivity contribution in [1.29, 1.82) is 0 Å². The van der Waals surface area contributed by atoms with Gasteiger partial charge in [-0.3, -0.25) is 14.5 Å². The fourth-order valence-electron chi connectivity index (χ4n) is 2.83. The summed E-state index contributed by atoms with van der Waals surface area (Å²) in [6.45, 7) is 4.19. The molecule has 0 aliphatic carbocycles. The SMILES string of the molecule is CC(=O)N1CCC(c2ccc(SNCc3ccncc3)cc2)C1. The second kappa shape index (κ2) is 7.62. The van der Waals surface area contributed by atoms with Crippen molar-refractivity contribution in [3.05, 3.63) is 59.9 Å². The number of carbonyl (C=O) groups excluding carboxylic acids is 1. The lowest BCUT2D eigenvalue weighted by Crippen LogP contribution is -2.25. The van der Waals surface area contributed by atoms with E-state index in [1.54, 1.807) is 18.9 Å². The van der Waals surface area contributed by atoms with Gasteiger partial charge in [0.15, 0.2) is 0 Å². The molecule has 120 valence electrons. The van der Waals surface area contributed by atoms with Crippen molar-refractivity contribution in [2.24, 2.45) is 0 Å². The summed E-state index contributed by atoms with van der Waals surface area (Å²) in [4.78, 5) is 18.6. The summed E-state index contributed by atoms with van der Waals surface area (Å²) in [6.07, 6.45) is 4.68. The molecule has 0 bridgehead atoms. The highest BCUT2D eigenvalue weighted by Crippen LogP contribution is 2.28. The van der Waals surface area contributed by atoms with Crippen molar-refractivity contribution in [3.63, 3.8) is 0 Å². The fourth-order valence-corrected chi connectivity index (χ4v) is 3.51. The molecule has 1 aromatic carbocycles. The second-order valence-electron chi connectivity index (χ2n) is 5.80. The van der Waals surface area contributed by atoms with Crippen LogP contribution in [0.1, 0.15) is 30.4 Å². The Kier molecular flexibility index (Phi) is 5.31. The number of likely N-dealkylation sites (tertiary alicyclic amines) is 1. The minimum atomic E-state index is 0.181. The number of benzene rings is 1. The van der Waals surface area contributed by atoms with Gasteiger partial charge in [0.2, 0.25) is 5.91 Å². The first-order valence-corrected chi connectivity index (χ1v) is 8.68. The molecule has 1 unspecified atom stereocenters. The molecule has 1 amide bonds. The molecule has 5 heteroatoms. The van der Waals surface area contributed by atoms with Gasteiger partial charge in [0.1, 0.15) is 0 Å². The molecule has 1 N–H and O–H groups in total. The third kappa shape index (κ3) is 4.33. The van der Waals surface area contributed by atoms with E-state index in [1.807, 2.05) is 29.4 Å². The lowest BCUT2D eigenvalue weighted by atomic mass is 9.99. The summed E-state index contributed by atoms with van der Waals surface area (Å²) in [5.74, 6) is 0.655. The highest BCUT2D eigenvalue weighted by atomic mass is 32.2. The highest BCUT2D eigenvalue weighted by molar-refractivity contribution is 7.97. The number of amides is 1.